The molecule has 3 rings (SSSR count). The molecule has 3 aromatic rings. The molecule has 0 aliphatic rings. The first kappa shape index (κ1) is 13.3. The minimum absolute atomic E-state index is 0.00926. The Hall–Kier alpha value is -1.71. The zero-order chi connectivity index (χ0) is 14.1. The highest BCUT2D eigenvalue weighted by Gasteiger charge is 2.26. The van der Waals surface area contributed by atoms with Gasteiger partial charge in [-0.05, 0) is 17.7 Å². The van der Waals surface area contributed by atoms with Gasteiger partial charge in [-0.2, -0.15) is 11.3 Å². The molecule has 3 aromatic heterocycles. The Bertz CT molecular complexity index is 748. The molecule has 0 aliphatic carbocycles. The molecule has 0 bridgehead atoms. The fourth-order valence-electron chi connectivity index (χ4n) is 1.65. The van der Waals surface area contributed by atoms with Crippen molar-refractivity contribution < 1.29 is 9.32 Å². The molecule has 1 amide bonds. The molecule has 6 nitrogen and oxygen atoms in total. The van der Waals surface area contributed by atoms with Crippen LogP contribution in [-0.4, -0.2) is 27.5 Å². The summed E-state index contributed by atoms with van der Waals surface area (Å²) < 4.78 is 5.89. The van der Waals surface area contributed by atoms with Crippen molar-refractivity contribution >= 4 is 40.3 Å². The summed E-state index contributed by atoms with van der Waals surface area (Å²) >= 11 is 4.39. The molecule has 3 heterocycles. The monoisotopic (exact) mass is 324 g/mol. The van der Waals surface area contributed by atoms with E-state index in [-0.39, 0.29) is 5.76 Å². The predicted octanol–water partition coefficient (Wildman–Crippen LogP) is 2.74. The van der Waals surface area contributed by atoms with E-state index in [9.17, 15) is 4.79 Å². The Morgan fingerprint density at radius 1 is 1.45 bits per heavy atom. The van der Waals surface area contributed by atoms with Crippen molar-refractivity contribution in [3.05, 3.63) is 22.6 Å². The van der Waals surface area contributed by atoms with E-state index in [4.69, 9.17) is 10.3 Å². The maximum atomic E-state index is 11.5. The van der Waals surface area contributed by atoms with Crippen molar-refractivity contribution in [2.24, 2.45) is 5.73 Å². The maximum Gasteiger partial charge on any atom is 0.288 e. The van der Waals surface area contributed by atoms with E-state index in [0.29, 0.717) is 16.3 Å². The van der Waals surface area contributed by atoms with Crippen molar-refractivity contribution in [2.75, 3.05) is 6.26 Å². The second-order valence-electron chi connectivity index (χ2n) is 3.69. The van der Waals surface area contributed by atoms with Crippen LogP contribution in [0.5, 0.6) is 0 Å². The fourth-order valence-corrected chi connectivity index (χ4v) is 3.60. The Labute approximate surface area is 126 Å². The number of nitrogens with two attached hydrogens (primary N) is 1. The third-order valence-electron chi connectivity index (χ3n) is 2.51. The average molecular weight is 324 g/mol. The average Bonchev–Trinajstić information content (AvgIpc) is 3.17. The number of hydrogen-bond donors (Lipinski definition) is 1. The molecule has 0 aromatic carbocycles. The third-order valence-corrected chi connectivity index (χ3v) is 5.10. The normalized spacial score (nSPS) is 10.8. The van der Waals surface area contributed by atoms with Gasteiger partial charge in [-0.1, -0.05) is 28.3 Å². The first-order chi connectivity index (χ1) is 9.70. The van der Waals surface area contributed by atoms with Gasteiger partial charge in [0.05, 0.1) is 5.56 Å². The molecule has 0 spiro atoms. The fraction of sp³-hybridized carbons (Fsp3) is 0.0909. The van der Waals surface area contributed by atoms with E-state index in [1.165, 1.54) is 34.4 Å². The molecule has 20 heavy (non-hydrogen) atoms. The number of thioether (sulfide) groups is 1. The van der Waals surface area contributed by atoms with Crippen LogP contribution in [0.4, 0.5) is 0 Å². The van der Waals surface area contributed by atoms with E-state index in [1.54, 1.807) is 0 Å². The number of aromatic nitrogens is 3. The maximum absolute atomic E-state index is 11.5. The van der Waals surface area contributed by atoms with E-state index < -0.39 is 5.91 Å². The van der Waals surface area contributed by atoms with Gasteiger partial charge in [0.15, 0.2) is 9.35 Å². The Morgan fingerprint density at radius 2 is 2.30 bits per heavy atom. The lowest BCUT2D eigenvalue weighted by molar-refractivity contribution is 0.0966. The van der Waals surface area contributed by atoms with Crippen molar-refractivity contribution in [1.29, 1.82) is 0 Å². The summed E-state index contributed by atoms with van der Waals surface area (Å²) in [5.74, 6) is -0.662. The number of carbonyl (C=O) groups is 1. The molecule has 0 saturated heterocycles. The molecule has 0 atom stereocenters. The van der Waals surface area contributed by atoms with Crippen LogP contribution in [0.3, 0.4) is 0 Å². The Balaban J connectivity index is 2.20. The molecule has 0 unspecified atom stereocenters. The van der Waals surface area contributed by atoms with Crippen molar-refractivity contribution in [1.82, 2.24) is 15.4 Å². The van der Waals surface area contributed by atoms with Gasteiger partial charge in [-0.15, -0.1) is 10.2 Å². The van der Waals surface area contributed by atoms with Gasteiger partial charge in [0.1, 0.15) is 5.69 Å². The predicted molar refractivity (Wildman–Crippen MR) is 79.0 cm³/mol. The Kier molecular flexibility index (Phi) is 3.55. The smallest absolute Gasteiger partial charge is 0.288 e. The second-order valence-corrected chi connectivity index (χ2v) is 6.50. The van der Waals surface area contributed by atoms with Gasteiger partial charge in [0, 0.05) is 10.9 Å². The van der Waals surface area contributed by atoms with Gasteiger partial charge in [-0.25, -0.2) is 0 Å². The highest BCUT2D eigenvalue weighted by atomic mass is 32.2. The minimum Gasteiger partial charge on any atom is -0.363 e. The zero-order valence-electron chi connectivity index (χ0n) is 10.2. The number of primary amides is 1. The summed E-state index contributed by atoms with van der Waals surface area (Å²) in [6, 6.07) is 1.90. The van der Waals surface area contributed by atoms with E-state index >= 15 is 0 Å². The van der Waals surface area contributed by atoms with Crippen LogP contribution in [0.15, 0.2) is 25.7 Å². The molecular formula is C11H8N4O2S3. The standard InChI is InChI=1S/C11H8N4O2S3/c1-18-11-14-13-10(20-11)6-7(5-2-3-19-4-5)15-17-8(6)9(12)16/h2-4H,1H3,(H2,12,16). The molecule has 0 saturated carbocycles. The minimum atomic E-state index is -0.671. The van der Waals surface area contributed by atoms with Crippen LogP contribution in [0.2, 0.25) is 0 Å². The summed E-state index contributed by atoms with van der Waals surface area (Å²) in [5, 5.41) is 16.5. The van der Waals surface area contributed by atoms with Crippen LogP contribution >= 0.6 is 34.4 Å². The number of thiophene rings is 1. The van der Waals surface area contributed by atoms with Crippen LogP contribution in [-0.2, 0) is 0 Å². The topological polar surface area (TPSA) is 94.9 Å². The highest BCUT2D eigenvalue weighted by Crippen LogP contribution is 2.38. The van der Waals surface area contributed by atoms with E-state index in [1.807, 2.05) is 23.1 Å². The van der Waals surface area contributed by atoms with Crippen LogP contribution in [0.1, 0.15) is 10.6 Å². The van der Waals surface area contributed by atoms with Gasteiger partial charge >= 0.3 is 0 Å². The largest absolute Gasteiger partial charge is 0.363 e. The molecule has 2 N–H and O–H groups in total. The number of nitrogens with zero attached hydrogens (tertiary/aromatic N) is 3. The SMILES string of the molecule is CSc1nnc(-c2c(-c3ccsc3)noc2C(N)=O)s1. The zero-order valence-corrected chi connectivity index (χ0v) is 12.6. The van der Waals surface area contributed by atoms with Gasteiger partial charge in [-0.3, -0.25) is 4.79 Å². The Morgan fingerprint density at radius 3 is 2.90 bits per heavy atom. The molecule has 102 valence electrons. The summed E-state index contributed by atoms with van der Waals surface area (Å²) in [7, 11) is 0. The lowest BCUT2D eigenvalue weighted by atomic mass is 10.1. The lowest BCUT2D eigenvalue weighted by Gasteiger charge is -1.95. The first-order valence-electron chi connectivity index (χ1n) is 5.40. The van der Waals surface area contributed by atoms with Crippen LogP contribution in [0.25, 0.3) is 21.8 Å². The van der Waals surface area contributed by atoms with Gasteiger partial charge in [0.2, 0.25) is 5.76 Å². The number of rotatable bonds is 4. The van der Waals surface area contributed by atoms with Gasteiger partial charge < -0.3 is 10.3 Å². The lowest BCUT2D eigenvalue weighted by Crippen LogP contribution is -2.10. The van der Waals surface area contributed by atoms with Crippen LogP contribution in [0, 0.1) is 0 Å². The third kappa shape index (κ3) is 2.23. The summed E-state index contributed by atoms with van der Waals surface area (Å²) in [6.07, 6.45) is 1.91. The highest BCUT2D eigenvalue weighted by molar-refractivity contribution is 8.00. The molecule has 0 fully saturated rings. The molecule has 0 aliphatic heterocycles. The molecule has 0 radical (unpaired) electrons. The summed E-state index contributed by atoms with van der Waals surface area (Å²) in [4.78, 5) is 11.5. The van der Waals surface area contributed by atoms with Gasteiger partial charge in [0.25, 0.3) is 5.91 Å². The summed E-state index contributed by atoms with van der Waals surface area (Å²) in [5.41, 5.74) is 7.27. The number of hydrogen-bond acceptors (Lipinski definition) is 8. The van der Waals surface area contributed by atoms with Crippen molar-refractivity contribution in [3.63, 3.8) is 0 Å². The molecular weight excluding hydrogens is 316 g/mol. The van der Waals surface area contributed by atoms with Crippen LogP contribution < -0.4 is 5.73 Å². The number of amides is 1. The van der Waals surface area contributed by atoms with E-state index in [2.05, 4.69) is 15.4 Å². The van der Waals surface area contributed by atoms with Crippen molar-refractivity contribution in [3.8, 4) is 21.8 Å². The summed E-state index contributed by atoms with van der Waals surface area (Å²) in [6.45, 7) is 0. The first-order valence-corrected chi connectivity index (χ1v) is 8.39. The quantitative estimate of drug-likeness (QED) is 0.741. The van der Waals surface area contributed by atoms with E-state index in [0.717, 1.165) is 9.90 Å². The second kappa shape index (κ2) is 5.35. The van der Waals surface area contributed by atoms with Crippen molar-refractivity contribution in [2.45, 2.75) is 4.34 Å². The number of carbonyl (C=O) groups excluding carboxylic acids is 1. The molecule has 9 heteroatoms.